The van der Waals surface area contributed by atoms with Crippen molar-refractivity contribution < 1.29 is 4.74 Å². The topological polar surface area (TPSA) is 21.3 Å². The van der Waals surface area contributed by atoms with Crippen molar-refractivity contribution in [2.24, 2.45) is 0 Å². The molecule has 0 aromatic heterocycles. The molecule has 2 nitrogen and oxygen atoms in total. The lowest BCUT2D eigenvalue weighted by atomic mass is 10.0. The molecule has 3 heteroatoms. The third-order valence-corrected chi connectivity index (χ3v) is 3.45. The maximum atomic E-state index is 5.77. The lowest BCUT2D eigenvalue weighted by molar-refractivity contribution is 0.314. The Balaban J connectivity index is 2.31. The maximum absolute atomic E-state index is 5.77. The summed E-state index contributed by atoms with van der Waals surface area (Å²) in [6.45, 7) is 5.22. The van der Waals surface area contributed by atoms with Gasteiger partial charge in [0, 0.05) is 21.2 Å². The van der Waals surface area contributed by atoms with Crippen LogP contribution in [0.1, 0.15) is 38.3 Å². The van der Waals surface area contributed by atoms with Crippen LogP contribution in [-0.2, 0) is 0 Å². The van der Waals surface area contributed by atoms with E-state index in [2.05, 4.69) is 60.0 Å². The number of nitrogens with one attached hydrogen (secondary N) is 1. The van der Waals surface area contributed by atoms with Gasteiger partial charge in [-0.1, -0.05) is 13.8 Å². The van der Waals surface area contributed by atoms with Gasteiger partial charge in [-0.3, -0.25) is 0 Å². The Kier molecular flexibility index (Phi) is 4.08. The van der Waals surface area contributed by atoms with Gasteiger partial charge in [0.1, 0.15) is 5.75 Å². The van der Waals surface area contributed by atoms with Gasteiger partial charge in [0.25, 0.3) is 0 Å². The third-order valence-electron chi connectivity index (χ3n) is 2.78. The van der Waals surface area contributed by atoms with Crippen molar-refractivity contribution in [2.75, 3.05) is 6.61 Å². The molecule has 0 fully saturated rings. The summed E-state index contributed by atoms with van der Waals surface area (Å²) in [4.78, 5) is 0. The summed E-state index contributed by atoms with van der Waals surface area (Å²) < 4.78 is 7.05. The molecule has 0 saturated heterocycles. The standard InChI is InChI=1S/C13H18INO/c1-9(2)15-12-4-3-7-16-13-6-5-10(14)8-11(12)13/h5-6,8-9,12,15H,3-4,7H2,1-2H3. The molecule has 0 bridgehead atoms. The zero-order valence-corrected chi connectivity index (χ0v) is 12.0. The summed E-state index contributed by atoms with van der Waals surface area (Å²) in [6, 6.07) is 7.39. The average molecular weight is 331 g/mol. The number of benzene rings is 1. The molecule has 88 valence electrons. The van der Waals surface area contributed by atoms with Crippen LogP contribution in [-0.4, -0.2) is 12.6 Å². The monoisotopic (exact) mass is 331 g/mol. The van der Waals surface area contributed by atoms with E-state index < -0.39 is 0 Å². The van der Waals surface area contributed by atoms with Crippen LogP contribution in [0.15, 0.2) is 18.2 Å². The molecule has 0 amide bonds. The third kappa shape index (κ3) is 2.88. The molecule has 16 heavy (non-hydrogen) atoms. The summed E-state index contributed by atoms with van der Waals surface area (Å²) in [7, 11) is 0. The first-order chi connectivity index (χ1) is 7.66. The van der Waals surface area contributed by atoms with Gasteiger partial charge in [0.15, 0.2) is 0 Å². The second-order valence-electron chi connectivity index (χ2n) is 4.55. The Morgan fingerprint density at radius 1 is 1.44 bits per heavy atom. The van der Waals surface area contributed by atoms with Crippen molar-refractivity contribution >= 4 is 22.6 Å². The Morgan fingerprint density at radius 2 is 2.25 bits per heavy atom. The van der Waals surface area contributed by atoms with E-state index in [-0.39, 0.29) is 0 Å². The van der Waals surface area contributed by atoms with Gasteiger partial charge < -0.3 is 10.1 Å². The lowest BCUT2D eigenvalue weighted by Crippen LogP contribution is -2.27. The van der Waals surface area contributed by atoms with Gasteiger partial charge in [-0.15, -0.1) is 0 Å². The largest absolute Gasteiger partial charge is 0.493 e. The van der Waals surface area contributed by atoms with Gasteiger partial charge in [0.05, 0.1) is 6.61 Å². The van der Waals surface area contributed by atoms with Crippen molar-refractivity contribution in [3.63, 3.8) is 0 Å². The van der Waals surface area contributed by atoms with Crippen molar-refractivity contribution in [2.45, 2.75) is 38.8 Å². The zero-order valence-electron chi connectivity index (χ0n) is 9.79. The molecule has 0 spiro atoms. The normalized spacial score (nSPS) is 20.1. The molecular weight excluding hydrogens is 313 g/mol. The van der Waals surface area contributed by atoms with E-state index in [1.807, 2.05) is 0 Å². The minimum absolute atomic E-state index is 0.437. The first-order valence-electron chi connectivity index (χ1n) is 5.85. The summed E-state index contributed by atoms with van der Waals surface area (Å²) in [6.07, 6.45) is 2.28. The molecule has 1 atom stereocenters. The fourth-order valence-electron chi connectivity index (χ4n) is 2.12. The number of rotatable bonds is 2. The Morgan fingerprint density at radius 3 is 3.00 bits per heavy atom. The van der Waals surface area contributed by atoms with Crippen molar-refractivity contribution in [3.8, 4) is 5.75 Å². The number of hydrogen-bond acceptors (Lipinski definition) is 2. The highest BCUT2D eigenvalue weighted by Crippen LogP contribution is 2.32. The highest BCUT2D eigenvalue weighted by Gasteiger charge is 2.20. The molecule has 1 aliphatic heterocycles. The molecule has 1 unspecified atom stereocenters. The summed E-state index contributed by atoms with van der Waals surface area (Å²) in [5.74, 6) is 1.05. The van der Waals surface area contributed by atoms with Crippen molar-refractivity contribution in [1.82, 2.24) is 5.32 Å². The van der Waals surface area contributed by atoms with Crippen LogP contribution in [0.2, 0.25) is 0 Å². The van der Waals surface area contributed by atoms with Crippen LogP contribution in [0, 0.1) is 3.57 Å². The van der Waals surface area contributed by atoms with Crippen LogP contribution in [0.5, 0.6) is 5.75 Å². The van der Waals surface area contributed by atoms with E-state index in [0.29, 0.717) is 12.1 Å². The van der Waals surface area contributed by atoms with Crippen LogP contribution in [0.4, 0.5) is 0 Å². The molecule has 2 rings (SSSR count). The molecule has 1 aromatic carbocycles. The van der Waals surface area contributed by atoms with Crippen molar-refractivity contribution in [1.29, 1.82) is 0 Å². The maximum Gasteiger partial charge on any atom is 0.124 e. The number of halogens is 1. The van der Waals surface area contributed by atoms with E-state index in [1.54, 1.807) is 0 Å². The number of ether oxygens (including phenoxy) is 1. The summed E-state index contributed by atoms with van der Waals surface area (Å²) in [5.41, 5.74) is 1.32. The van der Waals surface area contributed by atoms with Crippen LogP contribution < -0.4 is 10.1 Å². The fourth-order valence-corrected chi connectivity index (χ4v) is 2.64. The molecular formula is C13H18INO. The first kappa shape index (κ1) is 12.2. The predicted octanol–water partition coefficient (Wildman–Crippen LogP) is 3.50. The van der Waals surface area contributed by atoms with E-state index >= 15 is 0 Å². The average Bonchev–Trinajstić information content (AvgIpc) is 2.41. The summed E-state index contributed by atoms with van der Waals surface area (Å²) >= 11 is 2.36. The molecule has 0 saturated carbocycles. The van der Waals surface area contributed by atoms with Crippen molar-refractivity contribution in [3.05, 3.63) is 27.3 Å². The lowest BCUT2D eigenvalue weighted by Gasteiger charge is -2.21. The smallest absolute Gasteiger partial charge is 0.124 e. The zero-order chi connectivity index (χ0) is 11.5. The van der Waals surface area contributed by atoms with Gasteiger partial charge in [0.2, 0.25) is 0 Å². The number of fused-ring (bicyclic) bond motifs is 1. The molecule has 1 aromatic rings. The van der Waals surface area contributed by atoms with Crippen LogP contribution in [0.25, 0.3) is 0 Å². The quantitative estimate of drug-likeness (QED) is 0.838. The second-order valence-corrected chi connectivity index (χ2v) is 5.79. The second kappa shape index (κ2) is 5.36. The van der Waals surface area contributed by atoms with Crippen LogP contribution >= 0.6 is 22.6 Å². The Hall–Kier alpha value is -0.290. The molecule has 1 aliphatic rings. The van der Waals surface area contributed by atoms with Gasteiger partial charge in [-0.25, -0.2) is 0 Å². The van der Waals surface area contributed by atoms with E-state index in [9.17, 15) is 0 Å². The van der Waals surface area contributed by atoms with Crippen LogP contribution in [0.3, 0.4) is 0 Å². The van der Waals surface area contributed by atoms with Gasteiger partial charge >= 0.3 is 0 Å². The van der Waals surface area contributed by atoms with E-state index in [0.717, 1.165) is 25.2 Å². The summed E-state index contributed by atoms with van der Waals surface area (Å²) in [5, 5.41) is 3.62. The minimum Gasteiger partial charge on any atom is -0.493 e. The Labute approximate surface area is 111 Å². The predicted molar refractivity (Wildman–Crippen MR) is 74.9 cm³/mol. The molecule has 0 aliphatic carbocycles. The van der Waals surface area contributed by atoms with E-state index in [1.165, 1.54) is 9.13 Å². The molecule has 1 heterocycles. The number of hydrogen-bond donors (Lipinski definition) is 1. The first-order valence-corrected chi connectivity index (χ1v) is 6.93. The highest BCUT2D eigenvalue weighted by molar-refractivity contribution is 14.1. The Bertz CT molecular complexity index is 365. The molecule has 0 radical (unpaired) electrons. The van der Waals surface area contributed by atoms with Gasteiger partial charge in [-0.2, -0.15) is 0 Å². The highest BCUT2D eigenvalue weighted by atomic mass is 127. The van der Waals surface area contributed by atoms with Gasteiger partial charge in [-0.05, 0) is 53.6 Å². The molecule has 1 N–H and O–H groups in total. The fraction of sp³-hybridized carbons (Fsp3) is 0.538. The SMILES string of the molecule is CC(C)NC1CCCOc2ccc(I)cc21. The minimum atomic E-state index is 0.437. The van der Waals surface area contributed by atoms with E-state index in [4.69, 9.17) is 4.74 Å².